The molecule has 4 heteroatoms. The molecule has 0 bridgehead atoms. The molecule has 0 radical (unpaired) electrons. The zero-order valence-corrected chi connectivity index (χ0v) is 11.4. The van der Waals surface area contributed by atoms with Crippen molar-refractivity contribution in [1.82, 2.24) is 0 Å². The normalized spacial score (nSPS) is 11.7. The van der Waals surface area contributed by atoms with Crippen molar-refractivity contribution in [1.29, 1.82) is 0 Å². The first-order chi connectivity index (χ1) is 9.10. The lowest BCUT2D eigenvalue weighted by molar-refractivity contribution is -0.139. The van der Waals surface area contributed by atoms with Crippen molar-refractivity contribution in [2.24, 2.45) is 0 Å². The minimum Gasteiger partial charge on any atom is -0.494 e. The fourth-order valence-electron chi connectivity index (χ4n) is 1.53. The largest absolute Gasteiger partial charge is 0.494 e. The minimum absolute atomic E-state index is 0.0227. The van der Waals surface area contributed by atoms with Crippen molar-refractivity contribution in [3.63, 3.8) is 0 Å². The van der Waals surface area contributed by atoms with E-state index in [-0.39, 0.29) is 12.2 Å². The third-order valence-corrected chi connectivity index (χ3v) is 2.51. The van der Waals surface area contributed by atoms with Crippen LogP contribution in [0.25, 0.3) is 0 Å². The molecule has 0 aliphatic rings. The van der Waals surface area contributed by atoms with Crippen molar-refractivity contribution in [2.75, 3.05) is 13.2 Å². The predicted molar refractivity (Wildman–Crippen MR) is 73.0 cm³/mol. The second-order valence-corrected chi connectivity index (χ2v) is 4.07. The maximum atomic E-state index is 11.5. The molecule has 0 heterocycles. The monoisotopic (exact) mass is 264 g/mol. The Morgan fingerprint density at radius 2 is 2.16 bits per heavy atom. The molecule has 19 heavy (non-hydrogen) atoms. The Bertz CT molecular complexity index is 440. The topological polar surface area (TPSA) is 55.8 Å². The highest BCUT2D eigenvalue weighted by Crippen LogP contribution is 2.24. The highest BCUT2D eigenvalue weighted by molar-refractivity contribution is 5.89. The summed E-state index contributed by atoms with van der Waals surface area (Å²) >= 11 is 0. The van der Waals surface area contributed by atoms with Gasteiger partial charge in [-0.3, -0.25) is 0 Å². The third-order valence-electron chi connectivity index (χ3n) is 2.51. The van der Waals surface area contributed by atoms with Crippen LogP contribution in [0.5, 0.6) is 5.75 Å². The van der Waals surface area contributed by atoms with E-state index in [1.165, 1.54) is 0 Å². The van der Waals surface area contributed by atoms with Gasteiger partial charge in [-0.25, -0.2) is 4.79 Å². The zero-order chi connectivity index (χ0) is 14.3. The van der Waals surface area contributed by atoms with Crippen molar-refractivity contribution in [2.45, 2.75) is 26.4 Å². The van der Waals surface area contributed by atoms with Crippen molar-refractivity contribution in [3.05, 3.63) is 42.0 Å². The summed E-state index contributed by atoms with van der Waals surface area (Å²) in [4.78, 5) is 11.5. The van der Waals surface area contributed by atoms with Crippen molar-refractivity contribution in [3.8, 4) is 5.75 Å². The summed E-state index contributed by atoms with van der Waals surface area (Å²) in [6.45, 7) is 8.16. The fraction of sp³-hybridized carbons (Fsp3) is 0.400. The predicted octanol–water partition coefficient (Wildman–Crippen LogP) is 2.63. The Kier molecular flexibility index (Phi) is 6.09. The standard InChI is InChI=1S/C15H20O4/c1-4-9-19-13-8-6-7-12(10-13)14(16)11(3)15(17)18-5-2/h6-8,10,14,16H,3-5,9H2,1-2H3. The minimum atomic E-state index is -1.08. The van der Waals surface area contributed by atoms with Crippen LogP contribution in [0.3, 0.4) is 0 Å². The number of aliphatic hydroxyl groups excluding tert-OH is 1. The maximum absolute atomic E-state index is 11.5. The lowest BCUT2D eigenvalue weighted by atomic mass is 10.0. The van der Waals surface area contributed by atoms with Gasteiger partial charge in [-0.2, -0.15) is 0 Å². The van der Waals surface area contributed by atoms with Gasteiger partial charge in [0.25, 0.3) is 0 Å². The molecular weight excluding hydrogens is 244 g/mol. The summed E-state index contributed by atoms with van der Waals surface area (Å²) in [5.74, 6) is 0.0740. The van der Waals surface area contributed by atoms with Gasteiger partial charge in [0.05, 0.1) is 18.8 Å². The SMILES string of the molecule is C=C(C(=O)OCC)C(O)c1cccc(OCCC)c1. The number of rotatable bonds is 7. The van der Waals surface area contributed by atoms with Gasteiger partial charge in [0.1, 0.15) is 11.9 Å². The number of hydrogen-bond donors (Lipinski definition) is 1. The highest BCUT2D eigenvalue weighted by atomic mass is 16.5. The van der Waals surface area contributed by atoms with Crippen LogP contribution in [-0.2, 0) is 9.53 Å². The molecule has 0 amide bonds. The number of aliphatic hydroxyl groups is 1. The average molecular weight is 264 g/mol. The molecule has 0 aliphatic heterocycles. The summed E-state index contributed by atoms with van der Waals surface area (Å²) in [5, 5.41) is 10.1. The van der Waals surface area contributed by atoms with E-state index in [4.69, 9.17) is 9.47 Å². The van der Waals surface area contributed by atoms with Gasteiger partial charge < -0.3 is 14.6 Å². The summed E-state index contributed by atoms with van der Waals surface area (Å²) < 4.78 is 10.3. The number of hydrogen-bond acceptors (Lipinski definition) is 4. The molecule has 1 unspecified atom stereocenters. The highest BCUT2D eigenvalue weighted by Gasteiger charge is 2.19. The molecule has 1 aromatic rings. The first-order valence-corrected chi connectivity index (χ1v) is 6.36. The molecule has 104 valence electrons. The molecule has 0 aromatic heterocycles. The van der Waals surface area contributed by atoms with Gasteiger partial charge in [0.15, 0.2) is 0 Å². The van der Waals surface area contributed by atoms with E-state index < -0.39 is 12.1 Å². The van der Waals surface area contributed by atoms with Crippen LogP contribution in [0.15, 0.2) is 36.4 Å². The molecule has 1 rings (SSSR count). The van der Waals surface area contributed by atoms with Gasteiger partial charge in [-0.15, -0.1) is 0 Å². The van der Waals surface area contributed by atoms with Crippen molar-refractivity contribution >= 4 is 5.97 Å². The molecule has 0 aliphatic carbocycles. The average Bonchev–Trinajstić information content (AvgIpc) is 2.44. The maximum Gasteiger partial charge on any atom is 0.336 e. The Hall–Kier alpha value is -1.81. The first-order valence-electron chi connectivity index (χ1n) is 6.36. The quantitative estimate of drug-likeness (QED) is 0.607. The number of carbonyl (C=O) groups excluding carboxylic acids is 1. The first kappa shape index (κ1) is 15.2. The molecular formula is C15H20O4. The van der Waals surface area contributed by atoms with E-state index in [1.54, 1.807) is 31.2 Å². The number of esters is 1. The summed E-state index contributed by atoms with van der Waals surface area (Å²) in [7, 11) is 0. The van der Waals surface area contributed by atoms with Gasteiger partial charge in [0, 0.05) is 0 Å². The molecule has 0 saturated carbocycles. The van der Waals surface area contributed by atoms with Gasteiger partial charge in [0.2, 0.25) is 0 Å². The molecule has 1 aromatic carbocycles. The number of ether oxygens (including phenoxy) is 2. The van der Waals surface area contributed by atoms with E-state index in [0.29, 0.717) is 17.9 Å². The summed E-state index contributed by atoms with van der Waals surface area (Å²) in [6, 6.07) is 6.99. The van der Waals surface area contributed by atoms with Gasteiger partial charge in [-0.1, -0.05) is 25.6 Å². The Labute approximate surface area is 113 Å². The fourth-order valence-corrected chi connectivity index (χ4v) is 1.53. The van der Waals surface area contributed by atoms with Gasteiger partial charge in [-0.05, 0) is 31.0 Å². The van der Waals surface area contributed by atoms with E-state index in [1.807, 2.05) is 6.92 Å². The second kappa shape index (κ2) is 7.59. The molecule has 4 nitrogen and oxygen atoms in total. The second-order valence-electron chi connectivity index (χ2n) is 4.07. The molecule has 0 saturated heterocycles. The number of carbonyl (C=O) groups is 1. The van der Waals surface area contributed by atoms with Crippen molar-refractivity contribution < 1.29 is 19.4 Å². The third kappa shape index (κ3) is 4.41. The molecule has 1 N–H and O–H groups in total. The van der Waals surface area contributed by atoms with Crippen LogP contribution in [0.1, 0.15) is 31.9 Å². The number of benzene rings is 1. The van der Waals surface area contributed by atoms with E-state index in [0.717, 1.165) is 6.42 Å². The summed E-state index contributed by atoms with van der Waals surface area (Å²) in [6.07, 6.45) is -0.174. The van der Waals surface area contributed by atoms with Crippen LogP contribution >= 0.6 is 0 Å². The zero-order valence-electron chi connectivity index (χ0n) is 11.4. The van der Waals surface area contributed by atoms with Crippen LogP contribution in [0, 0.1) is 0 Å². The van der Waals surface area contributed by atoms with Gasteiger partial charge >= 0.3 is 5.97 Å². The lowest BCUT2D eigenvalue weighted by Crippen LogP contribution is -2.13. The molecule has 0 spiro atoms. The summed E-state index contributed by atoms with van der Waals surface area (Å²) in [5.41, 5.74) is 0.584. The van der Waals surface area contributed by atoms with E-state index in [2.05, 4.69) is 6.58 Å². The lowest BCUT2D eigenvalue weighted by Gasteiger charge is -2.14. The Balaban J connectivity index is 2.78. The van der Waals surface area contributed by atoms with Crippen LogP contribution in [0.2, 0.25) is 0 Å². The van der Waals surface area contributed by atoms with Crippen LogP contribution < -0.4 is 4.74 Å². The molecule has 1 atom stereocenters. The van der Waals surface area contributed by atoms with Crippen LogP contribution in [-0.4, -0.2) is 24.3 Å². The van der Waals surface area contributed by atoms with Crippen LogP contribution in [0.4, 0.5) is 0 Å². The Morgan fingerprint density at radius 3 is 2.79 bits per heavy atom. The van der Waals surface area contributed by atoms with E-state index in [9.17, 15) is 9.90 Å². The smallest absolute Gasteiger partial charge is 0.336 e. The Morgan fingerprint density at radius 1 is 1.42 bits per heavy atom. The molecule has 0 fully saturated rings. The van der Waals surface area contributed by atoms with E-state index >= 15 is 0 Å².